The molecule has 0 saturated carbocycles. The van der Waals surface area contributed by atoms with E-state index >= 15 is 0 Å². The van der Waals surface area contributed by atoms with Gasteiger partial charge in [-0.2, -0.15) is 9.50 Å². The Labute approximate surface area is 195 Å². The van der Waals surface area contributed by atoms with Crippen molar-refractivity contribution in [2.75, 3.05) is 31.1 Å². The predicted octanol–water partition coefficient (Wildman–Crippen LogP) is 2.87. The SMILES string of the molecule is Cc1cc(=O)n2nc(-c3ccc(Cl)cc3)nc2n1CC(=O)N1CCN(c2ccccc2)CC1. The maximum Gasteiger partial charge on any atom is 0.275 e. The molecule has 1 aliphatic heterocycles. The van der Waals surface area contributed by atoms with Gasteiger partial charge in [-0.15, -0.1) is 5.10 Å². The van der Waals surface area contributed by atoms with Gasteiger partial charge in [-0.05, 0) is 43.3 Å². The molecule has 0 spiro atoms. The average Bonchev–Trinajstić information content (AvgIpc) is 3.29. The fraction of sp³-hybridized carbons (Fsp3) is 0.250. The van der Waals surface area contributed by atoms with E-state index < -0.39 is 0 Å². The zero-order valence-electron chi connectivity index (χ0n) is 18.2. The summed E-state index contributed by atoms with van der Waals surface area (Å²) in [5.74, 6) is 0.751. The molecule has 168 valence electrons. The van der Waals surface area contributed by atoms with Crippen molar-refractivity contribution >= 4 is 29.0 Å². The summed E-state index contributed by atoms with van der Waals surface area (Å²) in [6.45, 7) is 4.75. The summed E-state index contributed by atoms with van der Waals surface area (Å²) in [6, 6.07) is 18.8. The second kappa shape index (κ2) is 8.71. The van der Waals surface area contributed by atoms with Crippen molar-refractivity contribution in [1.82, 2.24) is 24.1 Å². The number of para-hydroxylation sites is 1. The van der Waals surface area contributed by atoms with E-state index in [9.17, 15) is 9.59 Å². The Morgan fingerprint density at radius 2 is 1.70 bits per heavy atom. The molecule has 5 rings (SSSR count). The molecule has 1 fully saturated rings. The third-order valence-corrected chi connectivity index (χ3v) is 6.20. The number of anilines is 1. The summed E-state index contributed by atoms with van der Waals surface area (Å²) in [7, 11) is 0. The first kappa shape index (κ1) is 21.2. The van der Waals surface area contributed by atoms with Crippen LogP contribution in [0.1, 0.15) is 5.69 Å². The van der Waals surface area contributed by atoms with Gasteiger partial charge in [-0.1, -0.05) is 29.8 Å². The second-order valence-electron chi connectivity index (χ2n) is 8.07. The van der Waals surface area contributed by atoms with E-state index in [0.29, 0.717) is 35.4 Å². The molecule has 3 heterocycles. The monoisotopic (exact) mass is 462 g/mol. The Morgan fingerprint density at radius 1 is 1.00 bits per heavy atom. The van der Waals surface area contributed by atoms with Gasteiger partial charge in [0, 0.05) is 54.2 Å². The van der Waals surface area contributed by atoms with Gasteiger partial charge in [0.2, 0.25) is 11.7 Å². The number of hydrogen-bond donors (Lipinski definition) is 0. The van der Waals surface area contributed by atoms with E-state index in [0.717, 1.165) is 18.7 Å². The first-order valence-corrected chi connectivity index (χ1v) is 11.2. The summed E-state index contributed by atoms with van der Waals surface area (Å²) < 4.78 is 3.00. The lowest BCUT2D eigenvalue weighted by molar-refractivity contribution is -0.132. The molecule has 0 aliphatic carbocycles. The van der Waals surface area contributed by atoms with Crippen LogP contribution >= 0.6 is 11.6 Å². The number of benzene rings is 2. The number of fused-ring (bicyclic) bond motifs is 1. The molecule has 8 nitrogen and oxygen atoms in total. The van der Waals surface area contributed by atoms with Crippen molar-refractivity contribution < 1.29 is 4.79 Å². The number of aromatic nitrogens is 4. The highest BCUT2D eigenvalue weighted by Gasteiger charge is 2.23. The minimum atomic E-state index is -0.282. The van der Waals surface area contributed by atoms with E-state index in [1.54, 1.807) is 35.8 Å². The highest BCUT2D eigenvalue weighted by Crippen LogP contribution is 2.20. The molecule has 0 unspecified atom stereocenters. The molecule has 0 N–H and O–H groups in total. The second-order valence-corrected chi connectivity index (χ2v) is 8.50. The zero-order chi connectivity index (χ0) is 22.9. The molecule has 0 bridgehead atoms. The number of carbonyl (C=O) groups excluding carboxylic acids is 1. The van der Waals surface area contributed by atoms with Gasteiger partial charge in [0.25, 0.3) is 5.56 Å². The molecule has 1 aliphatic rings. The van der Waals surface area contributed by atoms with E-state index in [-0.39, 0.29) is 18.0 Å². The third-order valence-electron chi connectivity index (χ3n) is 5.95. The quantitative estimate of drug-likeness (QED) is 0.466. The first-order valence-electron chi connectivity index (χ1n) is 10.8. The number of halogens is 1. The summed E-state index contributed by atoms with van der Waals surface area (Å²) in [4.78, 5) is 34.4. The van der Waals surface area contributed by atoms with E-state index in [4.69, 9.17) is 11.6 Å². The van der Waals surface area contributed by atoms with Crippen LogP contribution in [0.15, 0.2) is 65.5 Å². The Bertz CT molecular complexity index is 1360. The van der Waals surface area contributed by atoms with Gasteiger partial charge in [0.1, 0.15) is 6.54 Å². The first-order chi connectivity index (χ1) is 16.0. The van der Waals surface area contributed by atoms with Crippen LogP contribution in [0.2, 0.25) is 5.02 Å². The maximum atomic E-state index is 13.1. The molecule has 33 heavy (non-hydrogen) atoms. The Morgan fingerprint density at radius 3 is 2.39 bits per heavy atom. The third kappa shape index (κ3) is 4.21. The highest BCUT2D eigenvalue weighted by molar-refractivity contribution is 6.30. The van der Waals surface area contributed by atoms with Crippen molar-refractivity contribution in [3.05, 3.63) is 81.7 Å². The molecule has 1 saturated heterocycles. The Kier molecular flexibility index (Phi) is 5.60. The zero-order valence-corrected chi connectivity index (χ0v) is 18.9. The normalized spacial score (nSPS) is 14.1. The lowest BCUT2D eigenvalue weighted by Crippen LogP contribution is -2.49. The van der Waals surface area contributed by atoms with Gasteiger partial charge < -0.3 is 14.4 Å². The molecule has 4 aromatic rings. The molecule has 2 aromatic heterocycles. The van der Waals surface area contributed by atoms with Crippen molar-refractivity contribution in [3.63, 3.8) is 0 Å². The molecular formula is C24H23ClN6O2. The van der Waals surface area contributed by atoms with E-state index in [1.807, 2.05) is 23.1 Å². The summed E-state index contributed by atoms with van der Waals surface area (Å²) in [5, 5.41) is 4.98. The number of amides is 1. The van der Waals surface area contributed by atoms with E-state index in [2.05, 4.69) is 27.1 Å². The standard InChI is InChI=1S/C24H23ClN6O2/c1-17-15-21(32)31-24(26-23(27-31)18-7-9-19(25)10-8-18)30(17)16-22(33)29-13-11-28(12-14-29)20-5-3-2-4-6-20/h2-10,15H,11-14,16H2,1H3. The summed E-state index contributed by atoms with van der Waals surface area (Å²) in [5.41, 5.74) is 2.30. The van der Waals surface area contributed by atoms with Gasteiger partial charge >= 0.3 is 0 Å². The predicted molar refractivity (Wildman–Crippen MR) is 128 cm³/mol. The number of aryl methyl sites for hydroxylation is 1. The smallest absolute Gasteiger partial charge is 0.275 e. The lowest BCUT2D eigenvalue weighted by Gasteiger charge is -2.36. The number of nitrogens with zero attached hydrogens (tertiary/aromatic N) is 6. The van der Waals surface area contributed by atoms with Gasteiger partial charge in [-0.3, -0.25) is 9.59 Å². The van der Waals surface area contributed by atoms with Crippen LogP contribution in [0, 0.1) is 6.92 Å². The van der Waals surface area contributed by atoms with Gasteiger partial charge in [0.05, 0.1) is 0 Å². The number of piperazine rings is 1. The van der Waals surface area contributed by atoms with Gasteiger partial charge in [0.15, 0.2) is 5.82 Å². The summed E-state index contributed by atoms with van der Waals surface area (Å²) in [6.07, 6.45) is 0. The van der Waals surface area contributed by atoms with Crippen molar-refractivity contribution in [2.45, 2.75) is 13.5 Å². The summed E-state index contributed by atoms with van der Waals surface area (Å²) >= 11 is 5.98. The van der Waals surface area contributed by atoms with Crippen molar-refractivity contribution in [2.24, 2.45) is 0 Å². The van der Waals surface area contributed by atoms with Crippen LogP contribution in [0.4, 0.5) is 5.69 Å². The molecule has 1 amide bonds. The van der Waals surface area contributed by atoms with Crippen LogP contribution in [0.25, 0.3) is 17.2 Å². The maximum absolute atomic E-state index is 13.1. The van der Waals surface area contributed by atoms with Crippen molar-refractivity contribution in [3.8, 4) is 11.4 Å². The average molecular weight is 463 g/mol. The molecule has 2 aromatic carbocycles. The molecule has 9 heteroatoms. The highest BCUT2D eigenvalue weighted by atomic mass is 35.5. The number of hydrogen-bond acceptors (Lipinski definition) is 5. The Balaban J connectivity index is 1.38. The topological polar surface area (TPSA) is 75.7 Å². The van der Waals surface area contributed by atoms with Gasteiger partial charge in [-0.25, -0.2) is 0 Å². The van der Waals surface area contributed by atoms with Crippen molar-refractivity contribution in [1.29, 1.82) is 0 Å². The molecule has 0 atom stereocenters. The van der Waals surface area contributed by atoms with Crippen LogP contribution < -0.4 is 10.5 Å². The van der Waals surface area contributed by atoms with Crippen LogP contribution in [0.5, 0.6) is 0 Å². The number of carbonyl (C=O) groups is 1. The fourth-order valence-electron chi connectivity index (χ4n) is 4.11. The Hall–Kier alpha value is -3.65. The number of rotatable bonds is 4. The minimum absolute atomic E-state index is 0.00703. The van der Waals surface area contributed by atoms with Crippen LogP contribution in [-0.4, -0.2) is 56.2 Å². The largest absolute Gasteiger partial charge is 0.368 e. The van der Waals surface area contributed by atoms with Crippen LogP contribution in [-0.2, 0) is 11.3 Å². The fourth-order valence-corrected chi connectivity index (χ4v) is 4.23. The van der Waals surface area contributed by atoms with Crippen LogP contribution in [0.3, 0.4) is 0 Å². The molecule has 0 radical (unpaired) electrons. The van der Waals surface area contributed by atoms with E-state index in [1.165, 1.54) is 16.3 Å². The lowest BCUT2D eigenvalue weighted by atomic mass is 10.2. The minimum Gasteiger partial charge on any atom is -0.368 e. The molecular weight excluding hydrogens is 440 g/mol.